The van der Waals surface area contributed by atoms with Crippen LogP contribution in [0.1, 0.15) is 25.3 Å². The second kappa shape index (κ2) is 5.68. The van der Waals surface area contributed by atoms with Crippen LogP contribution < -0.4 is 9.64 Å². The lowest BCUT2D eigenvalue weighted by molar-refractivity contribution is -0.120. The second-order valence-corrected chi connectivity index (χ2v) is 4.20. The van der Waals surface area contributed by atoms with Crippen LogP contribution in [0.4, 0.5) is 5.69 Å². The molecule has 0 saturated carbocycles. The average molecular weight is 237 g/mol. The molecule has 0 saturated heterocycles. The van der Waals surface area contributed by atoms with E-state index in [1.165, 1.54) is 4.90 Å². The van der Waals surface area contributed by atoms with Gasteiger partial charge in [-0.3, -0.25) is 4.79 Å². The zero-order valence-corrected chi connectivity index (χ0v) is 10.7. The van der Waals surface area contributed by atoms with Gasteiger partial charge in [-0.05, 0) is 23.6 Å². The van der Waals surface area contributed by atoms with Gasteiger partial charge in [0, 0.05) is 7.05 Å². The highest BCUT2D eigenvalue weighted by Gasteiger charge is 2.15. The molecule has 1 amide bonds. The maximum atomic E-state index is 11.4. The molecule has 4 heteroatoms. The number of nitrogens with zero attached hydrogens (tertiary/aromatic N) is 1. The van der Waals surface area contributed by atoms with Gasteiger partial charge in [0.2, 0.25) is 0 Å². The van der Waals surface area contributed by atoms with E-state index in [4.69, 9.17) is 9.84 Å². The van der Waals surface area contributed by atoms with Gasteiger partial charge in [0.15, 0.2) is 0 Å². The largest absolute Gasteiger partial charge is 0.495 e. The van der Waals surface area contributed by atoms with Crippen LogP contribution in [0.3, 0.4) is 0 Å². The van der Waals surface area contributed by atoms with Crippen LogP contribution in [0.25, 0.3) is 0 Å². The number of amides is 1. The Kier molecular flexibility index (Phi) is 4.52. The summed E-state index contributed by atoms with van der Waals surface area (Å²) >= 11 is 0. The molecule has 1 rings (SSSR count). The zero-order valence-electron chi connectivity index (χ0n) is 10.7. The number of rotatable bonds is 4. The van der Waals surface area contributed by atoms with Crippen LogP contribution in [0, 0.1) is 0 Å². The summed E-state index contributed by atoms with van der Waals surface area (Å²) in [6.07, 6.45) is 0. The van der Waals surface area contributed by atoms with Gasteiger partial charge in [-0.15, -0.1) is 0 Å². The zero-order chi connectivity index (χ0) is 13.0. The van der Waals surface area contributed by atoms with Gasteiger partial charge in [-0.2, -0.15) is 0 Å². The monoisotopic (exact) mass is 237 g/mol. The van der Waals surface area contributed by atoms with Crippen molar-refractivity contribution in [3.8, 4) is 5.75 Å². The molecule has 0 aromatic heterocycles. The molecule has 94 valence electrons. The van der Waals surface area contributed by atoms with Crippen molar-refractivity contribution >= 4 is 11.6 Å². The first-order chi connectivity index (χ1) is 8.01. The Morgan fingerprint density at radius 1 is 1.47 bits per heavy atom. The Morgan fingerprint density at radius 3 is 2.59 bits per heavy atom. The first-order valence-electron chi connectivity index (χ1n) is 5.56. The van der Waals surface area contributed by atoms with Crippen LogP contribution in [-0.2, 0) is 4.79 Å². The molecule has 0 aliphatic heterocycles. The fourth-order valence-corrected chi connectivity index (χ4v) is 1.57. The van der Waals surface area contributed by atoms with E-state index in [1.807, 2.05) is 18.2 Å². The van der Waals surface area contributed by atoms with E-state index in [9.17, 15) is 4.79 Å². The summed E-state index contributed by atoms with van der Waals surface area (Å²) in [5.74, 6) is 0.679. The van der Waals surface area contributed by atoms with Gasteiger partial charge in [0.05, 0.1) is 12.8 Å². The highest BCUT2D eigenvalue weighted by atomic mass is 16.5. The number of methoxy groups -OCH3 is 1. The molecule has 1 aromatic carbocycles. The molecule has 0 unspecified atom stereocenters. The van der Waals surface area contributed by atoms with Crippen LogP contribution in [0.5, 0.6) is 5.75 Å². The standard InChI is InChI=1S/C13H19NO3/c1-9(2)10-5-6-11(12(7-10)17-4)14(3)13(16)8-15/h5-7,9,15H,8H2,1-4H3. The molecule has 1 N–H and O–H groups in total. The number of benzene rings is 1. The molecule has 4 nitrogen and oxygen atoms in total. The molecule has 17 heavy (non-hydrogen) atoms. The first-order valence-corrected chi connectivity index (χ1v) is 5.56. The normalized spacial score (nSPS) is 10.5. The van der Waals surface area contributed by atoms with Gasteiger partial charge in [-0.25, -0.2) is 0 Å². The van der Waals surface area contributed by atoms with Crippen LogP contribution >= 0.6 is 0 Å². The number of hydrogen-bond acceptors (Lipinski definition) is 3. The molecule has 0 atom stereocenters. The van der Waals surface area contributed by atoms with E-state index < -0.39 is 6.61 Å². The Labute approximate surface area is 102 Å². The van der Waals surface area contributed by atoms with Crippen molar-refractivity contribution in [2.24, 2.45) is 0 Å². The minimum absolute atomic E-state index is 0.361. The predicted octanol–water partition coefficient (Wildman–Crippen LogP) is 1.77. The van der Waals surface area contributed by atoms with Crippen LogP contribution in [-0.4, -0.2) is 31.8 Å². The number of anilines is 1. The minimum atomic E-state index is -0.508. The lowest BCUT2D eigenvalue weighted by Gasteiger charge is -2.20. The fraction of sp³-hybridized carbons (Fsp3) is 0.462. The summed E-state index contributed by atoms with van der Waals surface area (Å²) in [5, 5.41) is 8.84. The number of ether oxygens (including phenoxy) is 1. The quantitative estimate of drug-likeness (QED) is 0.868. The number of aliphatic hydroxyl groups is 1. The third-order valence-electron chi connectivity index (χ3n) is 2.74. The molecular weight excluding hydrogens is 218 g/mol. The molecular formula is C13H19NO3. The summed E-state index contributed by atoms with van der Waals surface area (Å²) in [6, 6.07) is 5.71. The van der Waals surface area contributed by atoms with Gasteiger partial charge in [0.1, 0.15) is 12.4 Å². The molecule has 0 heterocycles. The topological polar surface area (TPSA) is 49.8 Å². The summed E-state index contributed by atoms with van der Waals surface area (Å²) in [5.41, 5.74) is 1.81. The van der Waals surface area contributed by atoms with Crippen LogP contribution in [0.15, 0.2) is 18.2 Å². The summed E-state index contributed by atoms with van der Waals surface area (Å²) < 4.78 is 5.28. The summed E-state index contributed by atoms with van der Waals surface area (Å²) in [4.78, 5) is 12.8. The smallest absolute Gasteiger partial charge is 0.252 e. The van der Waals surface area contributed by atoms with Crippen LogP contribution in [0.2, 0.25) is 0 Å². The third kappa shape index (κ3) is 2.97. The Bertz CT molecular complexity index is 402. The fourth-order valence-electron chi connectivity index (χ4n) is 1.57. The molecule has 1 aromatic rings. The van der Waals surface area contributed by atoms with E-state index >= 15 is 0 Å². The Morgan fingerprint density at radius 2 is 2.12 bits per heavy atom. The lowest BCUT2D eigenvalue weighted by Crippen LogP contribution is -2.29. The van der Waals surface area contributed by atoms with E-state index in [-0.39, 0.29) is 5.91 Å². The van der Waals surface area contributed by atoms with E-state index in [0.29, 0.717) is 17.4 Å². The van der Waals surface area contributed by atoms with Crippen molar-refractivity contribution in [2.45, 2.75) is 19.8 Å². The third-order valence-corrected chi connectivity index (χ3v) is 2.74. The van der Waals surface area contributed by atoms with Crippen molar-refractivity contribution in [1.82, 2.24) is 0 Å². The highest BCUT2D eigenvalue weighted by Crippen LogP contribution is 2.31. The van der Waals surface area contributed by atoms with Crippen molar-refractivity contribution in [2.75, 3.05) is 25.7 Å². The van der Waals surface area contributed by atoms with Gasteiger partial charge >= 0.3 is 0 Å². The van der Waals surface area contributed by atoms with Crippen molar-refractivity contribution in [3.63, 3.8) is 0 Å². The summed E-state index contributed by atoms with van der Waals surface area (Å²) in [7, 11) is 3.19. The van der Waals surface area contributed by atoms with Crippen molar-refractivity contribution in [3.05, 3.63) is 23.8 Å². The number of carbonyl (C=O) groups is 1. The number of aliphatic hydroxyl groups excluding tert-OH is 1. The minimum Gasteiger partial charge on any atom is -0.495 e. The first kappa shape index (κ1) is 13.5. The average Bonchev–Trinajstić information content (AvgIpc) is 2.35. The van der Waals surface area contributed by atoms with Gasteiger partial charge < -0.3 is 14.7 Å². The maximum Gasteiger partial charge on any atom is 0.252 e. The second-order valence-electron chi connectivity index (χ2n) is 4.20. The van der Waals surface area contributed by atoms with Gasteiger partial charge in [-0.1, -0.05) is 19.9 Å². The van der Waals surface area contributed by atoms with E-state index in [2.05, 4.69) is 13.8 Å². The molecule has 0 bridgehead atoms. The number of carbonyl (C=O) groups excluding carboxylic acids is 1. The molecule has 0 spiro atoms. The molecule has 0 radical (unpaired) electrons. The molecule has 0 fully saturated rings. The Balaban J connectivity index is 3.12. The molecule has 0 aliphatic rings. The van der Waals surface area contributed by atoms with Crippen molar-refractivity contribution < 1.29 is 14.6 Å². The lowest BCUT2D eigenvalue weighted by atomic mass is 10.0. The number of hydrogen-bond donors (Lipinski definition) is 1. The van der Waals surface area contributed by atoms with E-state index in [1.54, 1.807) is 14.2 Å². The van der Waals surface area contributed by atoms with E-state index in [0.717, 1.165) is 5.56 Å². The van der Waals surface area contributed by atoms with Crippen molar-refractivity contribution in [1.29, 1.82) is 0 Å². The SMILES string of the molecule is COc1cc(C(C)C)ccc1N(C)C(=O)CO. The number of likely N-dealkylation sites (N-methyl/N-ethyl adjacent to an activating group) is 1. The van der Waals surface area contributed by atoms with Gasteiger partial charge in [0.25, 0.3) is 5.91 Å². The maximum absolute atomic E-state index is 11.4. The Hall–Kier alpha value is -1.55. The highest BCUT2D eigenvalue weighted by molar-refractivity contribution is 5.95. The molecule has 0 aliphatic carbocycles. The summed E-state index contributed by atoms with van der Waals surface area (Å²) in [6.45, 7) is 3.68. The predicted molar refractivity (Wildman–Crippen MR) is 67.6 cm³/mol.